The molecule has 0 saturated carbocycles. The first-order valence-corrected chi connectivity index (χ1v) is 12.1. The summed E-state index contributed by atoms with van der Waals surface area (Å²) in [4.78, 5) is 16.8. The summed E-state index contributed by atoms with van der Waals surface area (Å²) in [5.41, 5.74) is 8.82. The fraction of sp³-hybridized carbons (Fsp3) is 0.423. The molecule has 3 aromatic rings. The molecule has 2 N–H and O–H groups in total. The highest BCUT2D eigenvalue weighted by Gasteiger charge is 2.21. The van der Waals surface area contributed by atoms with E-state index in [-0.39, 0.29) is 5.41 Å². The van der Waals surface area contributed by atoms with E-state index in [4.69, 9.17) is 15.5 Å². The molecule has 172 valence electrons. The van der Waals surface area contributed by atoms with Crippen LogP contribution in [0.1, 0.15) is 55.7 Å². The van der Waals surface area contributed by atoms with Gasteiger partial charge in [0, 0.05) is 52.8 Å². The van der Waals surface area contributed by atoms with E-state index in [9.17, 15) is 0 Å². The highest BCUT2D eigenvalue weighted by Crippen LogP contribution is 2.36. The average Bonchev–Trinajstić information content (AvgIpc) is 3.28. The maximum Gasteiger partial charge on any atom is 0.166 e. The Morgan fingerprint density at radius 2 is 1.91 bits per heavy atom. The Kier molecular flexibility index (Phi) is 6.96. The van der Waals surface area contributed by atoms with Crippen LogP contribution in [-0.4, -0.2) is 40.0 Å². The molecule has 1 saturated heterocycles. The Morgan fingerprint density at radius 3 is 2.67 bits per heavy atom. The van der Waals surface area contributed by atoms with Gasteiger partial charge in [0.05, 0.1) is 9.88 Å². The third-order valence-electron chi connectivity index (χ3n) is 5.53. The molecule has 0 unspecified atom stereocenters. The number of nitrogens with two attached hydrogens (primary N) is 1. The number of nitrogen functional groups attached to an aromatic ring is 1. The highest BCUT2D eigenvalue weighted by molar-refractivity contribution is 7.15. The molecule has 6 nitrogen and oxygen atoms in total. The number of ether oxygens (including phenoxy) is 1. The zero-order chi connectivity index (χ0) is 23.4. The summed E-state index contributed by atoms with van der Waals surface area (Å²) < 4.78 is 6.02. The zero-order valence-corrected chi connectivity index (χ0v) is 20.6. The summed E-state index contributed by atoms with van der Waals surface area (Å²) in [5.74, 6) is 7.89. The first-order chi connectivity index (χ1) is 15.8. The number of anilines is 1. The van der Waals surface area contributed by atoms with E-state index in [0.717, 1.165) is 47.5 Å². The monoisotopic (exact) mass is 461 g/mol. The molecule has 33 heavy (non-hydrogen) atoms. The Morgan fingerprint density at radius 1 is 1.12 bits per heavy atom. The predicted octanol–water partition coefficient (Wildman–Crippen LogP) is 4.97. The number of pyridine rings is 2. The van der Waals surface area contributed by atoms with Gasteiger partial charge < -0.3 is 15.4 Å². The van der Waals surface area contributed by atoms with Crippen LogP contribution in [0.5, 0.6) is 5.75 Å². The van der Waals surface area contributed by atoms with Crippen LogP contribution in [0, 0.1) is 17.3 Å². The summed E-state index contributed by atoms with van der Waals surface area (Å²) >= 11 is 1.74. The summed E-state index contributed by atoms with van der Waals surface area (Å²) in [6.07, 6.45) is 9.60. The Labute approximate surface area is 200 Å². The molecule has 1 fully saturated rings. The van der Waals surface area contributed by atoms with Crippen LogP contribution in [0.15, 0.2) is 36.9 Å². The molecule has 1 aliphatic rings. The van der Waals surface area contributed by atoms with Gasteiger partial charge in [0.25, 0.3) is 0 Å². The van der Waals surface area contributed by atoms with Gasteiger partial charge in [-0.2, -0.15) is 0 Å². The second-order valence-corrected chi connectivity index (χ2v) is 10.7. The van der Waals surface area contributed by atoms with E-state index in [0.29, 0.717) is 24.1 Å². The van der Waals surface area contributed by atoms with E-state index in [2.05, 4.69) is 54.5 Å². The standard InChI is InChI=1S/C26H31N5OS/c1-26(2,3)8-5-18-11-19(14-28-13-18)17-32-22-12-21(15-29-24(22)27)23-16-30-25(33-23)20-6-9-31(4)10-7-20/h11-16,20H,6-7,9-10,17H2,1-4H3,(H2,27,29). The lowest BCUT2D eigenvalue weighted by atomic mass is 9.97. The summed E-state index contributed by atoms with van der Waals surface area (Å²) in [6, 6.07) is 3.95. The summed E-state index contributed by atoms with van der Waals surface area (Å²) in [5, 5.41) is 1.21. The molecule has 0 spiro atoms. The van der Waals surface area contributed by atoms with E-state index in [1.54, 1.807) is 29.9 Å². The van der Waals surface area contributed by atoms with Crippen molar-refractivity contribution in [2.45, 2.75) is 46.1 Å². The maximum absolute atomic E-state index is 6.10. The van der Waals surface area contributed by atoms with E-state index < -0.39 is 0 Å². The average molecular weight is 462 g/mol. The van der Waals surface area contributed by atoms with Crippen LogP contribution < -0.4 is 10.5 Å². The first kappa shape index (κ1) is 23.2. The van der Waals surface area contributed by atoms with Crippen molar-refractivity contribution in [2.75, 3.05) is 25.9 Å². The van der Waals surface area contributed by atoms with Gasteiger partial charge in [0.2, 0.25) is 0 Å². The van der Waals surface area contributed by atoms with Crippen LogP contribution in [0.25, 0.3) is 10.4 Å². The number of piperidine rings is 1. The number of likely N-dealkylation sites (tertiary alicyclic amines) is 1. The topological polar surface area (TPSA) is 77.2 Å². The van der Waals surface area contributed by atoms with Crippen molar-refractivity contribution in [3.05, 3.63) is 53.1 Å². The molecule has 0 amide bonds. The van der Waals surface area contributed by atoms with Crippen molar-refractivity contribution in [3.63, 3.8) is 0 Å². The van der Waals surface area contributed by atoms with Gasteiger partial charge in [0.1, 0.15) is 6.61 Å². The summed E-state index contributed by atoms with van der Waals surface area (Å²) in [6.45, 7) is 8.85. The normalized spacial score (nSPS) is 15.2. The van der Waals surface area contributed by atoms with E-state index in [1.807, 2.05) is 18.3 Å². The SMILES string of the molecule is CN1CCC(c2ncc(-c3cnc(N)c(OCc4cncc(C#CC(C)(C)C)c4)c3)s2)CC1. The second-order valence-electron chi connectivity index (χ2n) is 9.62. The minimum Gasteiger partial charge on any atom is -0.485 e. The minimum absolute atomic E-state index is 0.0586. The quantitative estimate of drug-likeness (QED) is 0.541. The van der Waals surface area contributed by atoms with Crippen molar-refractivity contribution in [1.82, 2.24) is 19.9 Å². The Hall–Kier alpha value is -2.95. The number of thiazole rings is 1. The third-order valence-corrected chi connectivity index (χ3v) is 6.74. The van der Waals surface area contributed by atoms with Crippen molar-refractivity contribution in [1.29, 1.82) is 0 Å². The van der Waals surface area contributed by atoms with Crippen LogP contribution in [-0.2, 0) is 6.61 Å². The van der Waals surface area contributed by atoms with Gasteiger partial charge in [-0.05, 0) is 65.9 Å². The largest absolute Gasteiger partial charge is 0.485 e. The molecular formula is C26H31N5OS. The van der Waals surface area contributed by atoms with Crippen molar-refractivity contribution in [2.24, 2.45) is 5.41 Å². The number of aromatic nitrogens is 3. The molecule has 0 aliphatic carbocycles. The van der Waals surface area contributed by atoms with Gasteiger partial charge in [0.15, 0.2) is 11.6 Å². The predicted molar refractivity (Wildman–Crippen MR) is 134 cm³/mol. The number of hydrogen-bond acceptors (Lipinski definition) is 7. The van der Waals surface area contributed by atoms with Gasteiger partial charge in [-0.3, -0.25) is 4.98 Å². The number of nitrogens with zero attached hydrogens (tertiary/aromatic N) is 4. The van der Waals surface area contributed by atoms with Gasteiger partial charge >= 0.3 is 0 Å². The number of rotatable bonds is 5. The highest BCUT2D eigenvalue weighted by atomic mass is 32.1. The third kappa shape index (κ3) is 6.31. The van der Waals surface area contributed by atoms with E-state index in [1.165, 1.54) is 5.01 Å². The fourth-order valence-electron chi connectivity index (χ4n) is 3.63. The fourth-order valence-corrected chi connectivity index (χ4v) is 4.69. The van der Waals surface area contributed by atoms with Crippen LogP contribution >= 0.6 is 11.3 Å². The minimum atomic E-state index is -0.0586. The van der Waals surface area contributed by atoms with Crippen molar-refractivity contribution >= 4 is 17.2 Å². The summed E-state index contributed by atoms with van der Waals surface area (Å²) in [7, 11) is 2.18. The Bertz CT molecular complexity index is 1160. The molecule has 0 radical (unpaired) electrons. The maximum atomic E-state index is 6.10. The molecule has 4 rings (SSSR count). The van der Waals surface area contributed by atoms with E-state index >= 15 is 0 Å². The van der Waals surface area contributed by atoms with Crippen LogP contribution in [0.4, 0.5) is 5.82 Å². The number of hydrogen-bond donors (Lipinski definition) is 1. The lowest BCUT2D eigenvalue weighted by molar-refractivity contribution is 0.255. The molecule has 1 aliphatic heterocycles. The van der Waals surface area contributed by atoms with Gasteiger partial charge in [-0.1, -0.05) is 11.8 Å². The first-order valence-electron chi connectivity index (χ1n) is 11.3. The lowest BCUT2D eigenvalue weighted by Crippen LogP contribution is -2.29. The molecule has 0 bridgehead atoms. The molecule has 0 atom stereocenters. The molecular weight excluding hydrogens is 430 g/mol. The van der Waals surface area contributed by atoms with Gasteiger partial charge in [-0.25, -0.2) is 9.97 Å². The molecule has 3 aromatic heterocycles. The molecule has 4 heterocycles. The zero-order valence-electron chi connectivity index (χ0n) is 19.8. The van der Waals surface area contributed by atoms with Gasteiger partial charge in [-0.15, -0.1) is 11.3 Å². The molecule has 7 heteroatoms. The van der Waals surface area contributed by atoms with Crippen LogP contribution in [0.3, 0.4) is 0 Å². The lowest BCUT2D eigenvalue weighted by Gasteiger charge is -2.27. The second kappa shape index (κ2) is 9.90. The van der Waals surface area contributed by atoms with Crippen molar-refractivity contribution < 1.29 is 4.74 Å². The van der Waals surface area contributed by atoms with Crippen LogP contribution in [0.2, 0.25) is 0 Å². The smallest absolute Gasteiger partial charge is 0.166 e. The Balaban J connectivity index is 1.46. The van der Waals surface area contributed by atoms with Crippen molar-refractivity contribution in [3.8, 4) is 28.0 Å². The molecule has 0 aromatic carbocycles.